The maximum absolute atomic E-state index is 13.1. The lowest BCUT2D eigenvalue weighted by Crippen LogP contribution is -2.40. The molecule has 0 fully saturated rings. The van der Waals surface area contributed by atoms with Gasteiger partial charge >= 0.3 is 0 Å². The number of ether oxygens (including phenoxy) is 1. The van der Waals surface area contributed by atoms with Crippen molar-refractivity contribution in [3.8, 4) is 5.75 Å². The second-order valence-electron chi connectivity index (χ2n) is 5.72. The highest BCUT2D eigenvalue weighted by atomic mass is 35.5. The molecule has 0 saturated carbocycles. The van der Waals surface area contributed by atoms with E-state index >= 15 is 0 Å². The Balaban J connectivity index is 2.34. The number of nitrogens with zero attached hydrogens (tertiary/aromatic N) is 1. The molecule has 1 amide bonds. The third kappa shape index (κ3) is 5.69. The lowest BCUT2D eigenvalue weighted by molar-refractivity contribution is -0.121. The number of benzene rings is 2. The van der Waals surface area contributed by atoms with Gasteiger partial charge in [-0.2, -0.15) is 4.31 Å². The molecule has 0 unspecified atom stereocenters. The maximum Gasteiger partial charge on any atom is 0.243 e. The molecule has 8 heteroatoms. The minimum atomic E-state index is -3.90. The number of rotatable bonds is 9. The molecule has 0 aliphatic heterocycles. The normalized spacial score (nSPS) is 11.4. The van der Waals surface area contributed by atoms with Crippen LogP contribution >= 0.6 is 11.6 Å². The summed E-state index contributed by atoms with van der Waals surface area (Å²) in [5.74, 6) is 0.205. The Kier molecular flexibility index (Phi) is 7.65. The van der Waals surface area contributed by atoms with Crippen molar-refractivity contribution in [1.82, 2.24) is 9.62 Å². The minimum Gasteiger partial charge on any atom is -0.494 e. The first-order chi connectivity index (χ1) is 12.9. The molecule has 2 aromatic rings. The van der Waals surface area contributed by atoms with Crippen molar-refractivity contribution in [1.29, 1.82) is 0 Å². The Morgan fingerprint density at radius 3 is 2.37 bits per heavy atom. The third-order valence-corrected chi connectivity index (χ3v) is 5.95. The number of nitrogens with one attached hydrogen (secondary N) is 1. The van der Waals surface area contributed by atoms with Crippen LogP contribution in [-0.2, 0) is 21.4 Å². The lowest BCUT2D eigenvalue weighted by atomic mass is 10.2. The minimum absolute atomic E-state index is 0.00759. The fraction of sp³-hybridized carbons (Fsp3) is 0.316. The first kappa shape index (κ1) is 21.2. The van der Waals surface area contributed by atoms with Crippen LogP contribution in [0.4, 0.5) is 0 Å². The van der Waals surface area contributed by atoms with Crippen LogP contribution in [0.25, 0.3) is 0 Å². The highest BCUT2D eigenvalue weighted by Crippen LogP contribution is 2.24. The second-order valence-corrected chi connectivity index (χ2v) is 8.07. The Hall–Kier alpha value is -2.09. The molecule has 27 heavy (non-hydrogen) atoms. The first-order valence-corrected chi connectivity index (χ1v) is 10.4. The number of hydrogen-bond donors (Lipinski definition) is 1. The van der Waals surface area contributed by atoms with Crippen molar-refractivity contribution in [2.45, 2.75) is 25.3 Å². The van der Waals surface area contributed by atoms with Crippen molar-refractivity contribution in [3.05, 3.63) is 59.1 Å². The van der Waals surface area contributed by atoms with Gasteiger partial charge in [-0.05, 0) is 49.7 Å². The molecule has 0 atom stereocenters. The van der Waals surface area contributed by atoms with Gasteiger partial charge in [0, 0.05) is 18.1 Å². The molecule has 0 bridgehead atoms. The van der Waals surface area contributed by atoms with Crippen molar-refractivity contribution < 1.29 is 17.9 Å². The number of halogens is 1. The highest BCUT2D eigenvalue weighted by molar-refractivity contribution is 7.89. The molecular weight excluding hydrogens is 388 g/mol. The average Bonchev–Trinajstić information content (AvgIpc) is 2.64. The summed E-state index contributed by atoms with van der Waals surface area (Å²) >= 11 is 6.18. The molecule has 2 rings (SSSR count). The van der Waals surface area contributed by atoms with Crippen LogP contribution in [-0.4, -0.2) is 38.3 Å². The zero-order valence-corrected chi connectivity index (χ0v) is 16.9. The van der Waals surface area contributed by atoms with Crippen molar-refractivity contribution >= 4 is 27.5 Å². The van der Waals surface area contributed by atoms with Gasteiger partial charge in [-0.15, -0.1) is 0 Å². The number of amides is 1. The Bertz CT molecular complexity index is 870. The number of hydrogen-bond acceptors (Lipinski definition) is 4. The highest BCUT2D eigenvalue weighted by Gasteiger charge is 2.27. The molecule has 146 valence electrons. The monoisotopic (exact) mass is 410 g/mol. The van der Waals surface area contributed by atoms with Crippen LogP contribution in [0, 0.1) is 0 Å². The van der Waals surface area contributed by atoms with Crippen LogP contribution in [0.15, 0.2) is 53.4 Å². The summed E-state index contributed by atoms with van der Waals surface area (Å²) < 4.78 is 32.7. The molecule has 0 aromatic heterocycles. The van der Waals surface area contributed by atoms with Crippen LogP contribution in [0.5, 0.6) is 5.75 Å². The predicted molar refractivity (Wildman–Crippen MR) is 105 cm³/mol. The van der Waals surface area contributed by atoms with Gasteiger partial charge in [0.05, 0.1) is 18.0 Å². The van der Waals surface area contributed by atoms with E-state index in [9.17, 15) is 13.2 Å². The third-order valence-electron chi connectivity index (χ3n) is 3.77. The zero-order chi connectivity index (χ0) is 19.9. The van der Waals surface area contributed by atoms with E-state index in [4.69, 9.17) is 16.3 Å². The second kappa shape index (κ2) is 9.73. The number of carbonyl (C=O) groups excluding carboxylic acids is 1. The molecule has 0 aliphatic carbocycles. The summed E-state index contributed by atoms with van der Waals surface area (Å²) in [6, 6.07) is 13.1. The van der Waals surface area contributed by atoms with Gasteiger partial charge in [0.1, 0.15) is 5.75 Å². The van der Waals surface area contributed by atoms with Crippen LogP contribution in [0.3, 0.4) is 0 Å². The number of sulfonamides is 1. The largest absolute Gasteiger partial charge is 0.494 e. The summed E-state index contributed by atoms with van der Waals surface area (Å²) in [6.45, 7) is 4.23. The summed E-state index contributed by atoms with van der Waals surface area (Å²) in [5.41, 5.74) is 0.623. The lowest BCUT2D eigenvalue weighted by Gasteiger charge is -2.22. The van der Waals surface area contributed by atoms with Gasteiger partial charge < -0.3 is 10.1 Å². The SMILES string of the molecule is CCNC(=O)CN(Cc1ccccc1Cl)S(=O)(=O)c1ccc(OCC)cc1. The zero-order valence-electron chi connectivity index (χ0n) is 15.3. The summed E-state index contributed by atoms with van der Waals surface area (Å²) in [6.07, 6.45) is 0. The van der Waals surface area contributed by atoms with Gasteiger partial charge in [-0.3, -0.25) is 4.79 Å². The Morgan fingerprint density at radius 1 is 1.11 bits per heavy atom. The van der Waals surface area contributed by atoms with Crippen LogP contribution in [0.2, 0.25) is 5.02 Å². The van der Waals surface area contributed by atoms with E-state index in [0.717, 1.165) is 4.31 Å². The molecule has 0 spiro atoms. The molecular formula is C19H23ClN2O4S. The predicted octanol–water partition coefficient (Wildman–Crippen LogP) is 3.07. The van der Waals surface area contributed by atoms with Crippen molar-refractivity contribution in [3.63, 3.8) is 0 Å². The Labute approximate surface area is 165 Å². The fourth-order valence-corrected chi connectivity index (χ4v) is 4.05. The van der Waals surface area contributed by atoms with Crippen LogP contribution in [0.1, 0.15) is 19.4 Å². The molecule has 2 aromatic carbocycles. The standard InChI is InChI=1S/C19H23ClN2O4S/c1-3-21-19(23)14-22(13-15-7-5-6-8-18(15)20)27(24,25)17-11-9-16(10-12-17)26-4-2/h5-12H,3-4,13-14H2,1-2H3,(H,21,23). The van der Waals surface area contributed by atoms with E-state index < -0.39 is 10.0 Å². The first-order valence-electron chi connectivity index (χ1n) is 8.61. The van der Waals surface area contributed by atoms with E-state index in [-0.39, 0.29) is 23.9 Å². The molecule has 1 N–H and O–H groups in total. The fourth-order valence-electron chi connectivity index (χ4n) is 2.48. The van der Waals surface area contributed by atoms with Crippen LogP contribution < -0.4 is 10.1 Å². The summed E-state index contributed by atoms with van der Waals surface area (Å²) in [7, 11) is -3.90. The topological polar surface area (TPSA) is 75.7 Å². The Morgan fingerprint density at radius 2 is 1.78 bits per heavy atom. The molecule has 0 aliphatic rings. The summed E-state index contributed by atoms with van der Waals surface area (Å²) in [4.78, 5) is 12.2. The average molecular weight is 411 g/mol. The smallest absolute Gasteiger partial charge is 0.243 e. The number of carbonyl (C=O) groups is 1. The van der Waals surface area contributed by atoms with E-state index in [2.05, 4.69) is 5.32 Å². The number of likely N-dealkylation sites (N-methyl/N-ethyl adjacent to an activating group) is 1. The molecule has 0 radical (unpaired) electrons. The van der Waals surface area contributed by atoms with Gasteiger partial charge in [0.25, 0.3) is 0 Å². The van der Waals surface area contributed by atoms with E-state index in [0.29, 0.717) is 29.5 Å². The van der Waals surface area contributed by atoms with Gasteiger partial charge in [0.2, 0.25) is 15.9 Å². The molecule has 6 nitrogen and oxygen atoms in total. The quantitative estimate of drug-likeness (QED) is 0.689. The van der Waals surface area contributed by atoms with Crippen molar-refractivity contribution in [2.24, 2.45) is 0 Å². The van der Waals surface area contributed by atoms with Gasteiger partial charge in [-0.1, -0.05) is 29.8 Å². The molecule has 0 heterocycles. The summed E-state index contributed by atoms with van der Waals surface area (Å²) in [5, 5.41) is 3.07. The van der Waals surface area contributed by atoms with Gasteiger partial charge in [0.15, 0.2) is 0 Å². The maximum atomic E-state index is 13.1. The van der Waals surface area contributed by atoms with E-state index in [1.807, 2.05) is 6.92 Å². The van der Waals surface area contributed by atoms with Crippen molar-refractivity contribution in [2.75, 3.05) is 19.7 Å². The van der Waals surface area contributed by atoms with E-state index in [1.165, 1.54) is 12.1 Å². The van der Waals surface area contributed by atoms with Gasteiger partial charge in [-0.25, -0.2) is 8.42 Å². The molecule has 0 saturated heterocycles. The van der Waals surface area contributed by atoms with E-state index in [1.54, 1.807) is 43.3 Å².